The number of aromatic hydroxyl groups is 1. The highest BCUT2D eigenvalue weighted by Gasteiger charge is 2.37. The highest BCUT2D eigenvalue weighted by molar-refractivity contribution is 7.59. The van der Waals surface area contributed by atoms with E-state index in [1.54, 1.807) is 13.0 Å². The van der Waals surface area contributed by atoms with Gasteiger partial charge in [-0.3, -0.25) is 9.36 Å². The summed E-state index contributed by atoms with van der Waals surface area (Å²) < 4.78 is 19.2. The number of benzene rings is 4. The predicted molar refractivity (Wildman–Crippen MR) is 126 cm³/mol. The molecule has 0 aliphatic carbocycles. The minimum absolute atomic E-state index is 0.0323. The molecule has 0 saturated carbocycles. The van der Waals surface area contributed by atoms with Crippen LogP contribution in [0.5, 0.6) is 5.75 Å². The number of phenolic OH excluding ortho intramolecular Hbond substituents is 1. The molecule has 4 aromatic carbocycles. The van der Waals surface area contributed by atoms with Crippen molar-refractivity contribution >= 4 is 34.7 Å². The van der Waals surface area contributed by atoms with Gasteiger partial charge in [0.2, 0.25) is 7.37 Å². The van der Waals surface area contributed by atoms with Crippen molar-refractivity contribution in [1.82, 2.24) is 0 Å². The molecule has 0 amide bonds. The van der Waals surface area contributed by atoms with E-state index < -0.39 is 13.0 Å². The Morgan fingerprint density at radius 1 is 0.935 bits per heavy atom. The fourth-order valence-electron chi connectivity index (χ4n) is 4.21. The monoisotopic (exact) mass is 432 g/mol. The molecule has 0 radical (unpaired) electrons. The van der Waals surface area contributed by atoms with Crippen LogP contribution in [-0.2, 0) is 20.3 Å². The lowest BCUT2D eigenvalue weighted by atomic mass is 9.96. The molecular formula is C26H25O4P. The van der Waals surface area contributed by atoms with Gasteiger partial charge < -0.3 is 9.63 Å². The number of phenols is 1. The number of Topliss-reactive ketones (excluding diaryl/α,β-unsaturated/α-hetero) is 1. The van der Waals surface area contributed by atoms with Crippen molar-refractivity contribution in [3.8, 4) is 5.75 Å². The van der Waals surface area contributed by atoms with E-state index in [0.29, 0.717) is 11.1 Å². The first-order valence-electron chi connectivity index (χ1n) is 10.3. The summed E-state index contributed by atoms with van der Waals surface area (Å²) in [5.41, 5.74) is 0.303. The molecule has 2 unspecified atom stereocenters. The fraction of sp³-hybridized carbons (Fsp3) is 0.192. The number of fused-ring (bicyclic) bond motifs is 2. The van der Waals surface area contributed by atoms with Crippen LogP contribution < -0.4 is 0 Å². The van der Waals surface area contributed by atoms with Crippen LogP contribution in [0.15, 0.2) is 78.9 Å². The maximum Gasteiger partial charge on any atom is 0.214 e. The SMILES string of the molecule is CCOP(C)(=O)C(C(=O)Cc1cc2ccccc2cc1O)c1cccc2ccccc12. The van der Waals surface area contributed by atoms with E-state index in [9.17, 15) is 14.5 Å². The quantitative estimate of drug-likeness (QED) is 0.339. The van der Waals surface area contributed by atoms with E-state index in [4.69, 9.17) is 4.52 Å². The molecule has 1 N–H and O–H groups in total. The number of hydrogen-bond acceptors (Lipinski definition) is 4. The molecule has 5 heteroatoms. The third-order valence-corrected chi connectivity index (χ3v) is 7.86. The van der Waals surface area contributed by atoms with E-state index in [2.05, 4.69) is 0 Å². The highest BCUT2D eigenvalue weighted by atomic mass is 31.2. The molecule has 0 bridgehead atoms. The maximum atomic E-state index is 13.6. The summed E-state index contributed by atoms with van der Waals surface area (Å²) in [6, 6.07) is 24.6. The Morgan fingerprint density at radius 3 is 2.26 bits per heavy atom. The Hall–Kier alpha value is -2.94. The fourth-order valence-corrected chi connectivity index (χ4v) is 6.22. The molecule has 4 aromatic rings. The summed E-state index contributed by atoms with van der Waals surface area (Å²) in [7, 11) is -3.32. The van der Waals surface area contributed by atoms with Gasteiger partial charge in [0, 0.05) is 18.6 Å². The summed E-state index contributed by atoms with van der Waals surface area (Å²) >= 11 is 0. The predicted octanol–water partition coefficient (Wildman–Crippen LogP) is 6.50. The van der Waals surface area contributed by atoms with Crippen molar-refractivity contribution in [3.05, 3.63) is 90.0 Å². The van der Waals surface area contributed by atoms with Gasteiger partial charge in [0.15, 0.2) is 5.78 Å². The van der Waals surface area contributed by atoms with E-state index in [1.165, 1.54) is 6.66 Å². The van der Waals surface area contributed by atoms with E-state index >= 15 is 0 Å². The lowest BCUT2D eigenvalue weighted by Gasteiger charge is -2.25. The first-order chi connectivity index (χ1) is 14.9. The molecule has 0 heterocycles. The van der Waals surface area contributed by atoms with Gasteiger partial charge in [-0.25, -0.2) is 0 Å². The lowest BCUT2D eigenvalue weighted by Crippen LogP contribution is -2.17. The standard InChI is InChI=1S/C26H25O4P/c1-3-30-31(2,29)26(23-14-8-12-18-9-6-7-13-22(18)23)25(28)17-21-15-19-10-4-5-11-20(19)16-24(21)27/h4-16,26-27H,3,17H2,1-2H3. The first kappa shape index (κ1) is 21.3. The number of rotatable bonds is 7. The van der Waals surface area contributed by atoms with E-state index in [-0.39, 0.29) is 24.6 Å². The van der Waals surface area contributed by atoms with Gasteiger partial charge >= 0.3 is 0 Å². The molecule has 4 rings (SSSR count). The molecule has 0 fully saturated rings. The molecule has 158 valence electrons. The van der Waals surface area contributed by atoms with Crippen LogP contribution in [0.2, 0.25) is 0 Å². The smallest absolute Gasteiger partial charge is 0.214 e. The van der Waals surface area contributed by atoms with Crippen LogP contribution in [0.3, 0.4) is 0 Å². The molecule has 0 aliphatic rings. The largest absolute Gasteiger partial charge is 0.508 e. The zero-order valence-corrected chi connectivity index (χ0v) is 18.5. The van der Waals surface area contributed by atoms with Crippen molar-refractivity contribution in [2.45, 2.75) is 19.0 Å². The van der Waals surface area contributed by atoms with Crippen LogP contribution >= 0.6 is 7.37 Å². The van der Waals surface area contributed by atoms with Crippen LogP contribution in [0.25, 0.3) is 21.5 Å². The molecule has 4 nitrogen and oxygen atoms in total. The normalized spacial score (nSPS) is 14.4. The average molecular weight is 432 g/mol. The third-order valence-electron chi connectivity index (χ3n) is 5.59. The molecular weight excluding hydrogens is 407 g/mol. The topological polar surface area (TPSA) is 63.6 Å². The zero-order chi connectivity index (χ0) is 22.0. The number of carbonyl (C=O) groups excluding carboxylic acids is 1. The van der Waals surface area contributed by atoms with Gasteiger partial charge in [-0.1, -0.05) is 66.7 Å². The number of carbonyl (C=O) groups is 1. The summed E-state index contributed by atoms with van der Waals surface area (Å²) in [6.45, 7) is 3.56. The van der Waals surface area contributed by atoms with Crippen molar-refractivity contribution in [1.29, 1.82) is 0 Å². The second-order valence-corrected chi connectivity index (χ2v) is 10.4. The average Bonchev–Trinajstić information content (AvgIpc) is 2.74. The molecule has 0 saturated heterocycles. The molecule has 0 spiro atoms. The molecule has 0 aromatic heterocycles. The van der Waals surface area contributed by atoms with Crippen molar-refractivity contribution < 1.29 is 19.0 Å². The lowest BCUT2D eigenvalue weighted by molar-refractivity contribution is -0.118. The second kappa shape index (κ2) is 8.66. The van der Waals surface area contributed by atoms with E-state index in [1.807, 2.05) is 72.8 Å². The summed E-state index contributed by atoms with van der Waals surface area (Å²) in [4.78, 5) is 13.6. The van der Waals surface area contributed by atoms with Crippen LogP contribution in [0, 0.1) is 0 Å². The van der Waals surface area contributed by atoms with Gasteiger partial charge in [0.25, 0.3) is 0 Å². The summed E-state index contributed by atoms with van der Waals surface area (Å²) in [5.74, 6) is -0.174. The highest BCUT2D eigenvalue weighted by Crippen LogP contribution is 2.58. The Labute approximate surface area is 181 Å². The Morgan fingerprint density at radius 2 is 1.55 bits per heavy atom. The van der Waals surface area contributed by atoms with Gasteiger partial charge in [-0.05, 0) is 46.2 Å². The Bertz CT molecular complexity index is 1310. The summed E-state index contributed by atoms with van der Waals surface area (Å²) in [5, 5.41) is 14.2. The third kappa shape index (κ3) is 4.27. The van der Waals surface area contributed by atoms with Crippen LogP contribution in [0.1, 0.15) is 23.7 Å². The van der Waals surface area contributed by atoms with Crippen LogP contribution in [0.4, 0.5) is 0 Å². The minimum Gasteiger partial charge on any atom is -0.508 e. The van der Waals surface area contributed by atoms with Gasteiger partial charge in [-0.15, -0.1) is 0 Å². The minimum atomic E-state index is -3.32. The maximum absolute atomic E-state index is 13.6. The van der Waals surface area contributed by atoms with E-state index in [0.717, 1.165) is 21.5 Å². The Balaban J connectivity index is 1.80. The van der Waals surface area contributed by atoms with Crippen molar-refractivity contribution in [3.63, 3.8) is 0 Å². The van der Waals surface area contributed by atoms with Crippen molar-refractivity contribution in [2.75, 3.05) is 13.3 Å². The van der Waals surface area contributed by atoms with Crippen molar-refractivity contribution in [2.24, 2.45) is 0 Å². The number of hydrogen-bond donors (Lipinski definition) is 1. The van der Waals surface area contributed by atoms with Crippen LogP contribution in [-0.4, -0.2) is 24.2 Å². The molecule has 2 atom stereocenters. The molecule has 0 aliphatic heterocycles. The zero-order valence-electron chi connectivity index (χ0n) is 17.6. The number of ketones is 1. The van der Waals surface area contributed by atoms with Gasteiger partial charge in [-0.2, -0.15) is 0 Å². The molecule has 31 heavy (non-hydrogen) atoms. The Kier molecular flexibility index (Phi) is 5.95. The van der Waals surface area contributed by atoms with Gasteiger partial charge in [0.05, 0.1) is 6.61 Å². The second-order valence-electron chi connectivity index (χ2n) is 7.77. The van der Waals surface area contributed by atoms with Gasteiger partial charge in [0.1, 0.15) is 11.4 Å². The summed E-state index contributed by atoms with van der Waals surface area (Å²) in [6.07, 6.45) is -0.0323. The first-order valence-corrected chi connectivity index (χ1v) is 12.5.